The first kappa shape index (κ1) is 14.0. The molecule has 0 spiro atoms. The molecule has 4 heteroatoms. The van der Waals surface area contributed by atoms with E-state index in [0.717, 1.165) is 25.7 Å². The molecule has 0 aromatic heterocycles. The van der Waals surface area contributed by atoms with Crippen LogP contribution in [0.25, 0.3) is 0 Å². The first-order chi connectivity index (χ1) is 8.51. The van der Waals surface area contributed by atoms with Gasteiger partial charge in [-0.1, -0.05) is 30.5 Å². The Balaban J connectivity index is 2.45. The predicted octanol–water partition coefficient (Wildman–Crippen LogP) is 4.03. The van der Waals surface area contributed by atoms with Gasteiger partial charge < -0.3 is 4.74 Å². The molecule has 2 nitrogen and oxygen atoms in total. The van der Waals surface area contributed by atoms with Gasteiger partial charge in [-0.2, -0.15) is 0 Å². The van der Waals surface area contributed by atoms with E-state index in [2.05, 4.69) is 0 Å². The number of carbonyl (C=O) groups is 1. The van der Waals surface area contributed by atoms with Crippen molar-refractivity contribution in [2.24, 2.45) is 11.8 Å². The number of allylic oxidation sites excluding steroid dienone is 3. The molecule has 0 radical (unpaired) electrons. The SMILES string of the molecule is COC1=C(Cl)C(Cl)(C2CCCC2)C(C(C)=O)C=C1. The van der Waals surface area contributed by atoms with E-state index < -0.39 is 4.87 Å². The quantitative estimate of drug-likeness (QED) is 0.733. The largest absolute Gasteiger partial charge is 0.495 e. The molecule has 1 saturated carbocycles. The van der Waals surface area contributed by atoms with Gasteiger partial charge in [0.15, 0.2) is 0 Å². The van der Waals surface area contributed by atoms with Crippen molar-refractivity contribution in [2.75, 3.05) is 7.11 Å². The molecular formula is C14H18Cl2O2. The molecule has 2 unspecified atom stereocenters. The Labute approximate surface area is 118 Å². The Morgan fingerprint density at radius 1 is 1.44 bits per heavy atom. The van der Waals surface area contributed by atoms with Crippen LogP contribution < -0.4 is 0 Å². The standard InChI is InChI=1S/C14H18Cl2O2/c1-9(17)11-7-8-12(18-2)13(15)14(11,16)10-5-3-4-6-10/h7-8,10-11H,3-6H2,1-2H3. The number of alkyl halides is 1. The topological polar surface area (TPSA) is 26.3 Å². The molecule has 0 aromatic carbocycles. The van der Waals surface area contributed by atoms with E-state index >= 15 is 0 Å². The van der Waals surface area contributed by atoms with Gasteiger partial charge in [-0.15, -0.1) is 11.6 Å². The van der Waals surface area contributed by atoms with Crippen molar-refractivity contribution >= 4 is 29.0 Å². The van der Waals surface area contributed by atoms with Crippen molar-refractivity contribution in [3.05, 3.63) is 22.9 Å². The molecule has 0 amide bonds. The summed E-state index contributed by atoms with van der Waals surface area (Å²) in [5, 5.41) is 0.487. The van der Waals surface area contributed by atoms with E-state index in [1.54, 1.807) is 20.1 Å². The van der Waals surface area contributed by atoms with E-state index in [-0.39, 0.29) is 17.6 Å². The van der Waals surface area contributed by atoms with Crippen LogP contribution in [0.1, 0.15) is 32.6 Å². The Kier molecular flexibility index (Phi) is 4.08. The van der Waals surface area contributed by atoms with Crippen molar-refractivity contribution < 1.29 is 9.53 Å². The Morgan fingerprint density at radius 2 is 2.06 bits per heavy atom. The highest BCUT2D eigenvalue weighted by Crippen LogP contribution is 2.52. The third-order valence-corrected chi connectivity index (χ3v) is 5.38. The summed E-state index contributed by atoms with van der Waals surface area (Å²) in [6, 6.07) is 0. The first-order valence-corrected chi connectivity index (χ1v) is 7.09. The second-order valence-electron chi connectivity index (χ2n) is 5.08. The van der Waals surface area contributed by atoms with E-state index in [4.69, 9.17) is 27.9 Å². The van der Waals surface area contributed by atoms with Crippen LogP contribution in [0.15, 0.2) is 22.9 Å². The summed E-state index contributed by atoms with van der Waals surface area (Å²) >= 11 is 13.3. The van der Waals surface area contributed by atoms with Gasteiger partial charge in [0.25, 0.3) is 0 Å². The lowest BCUT2D eigenvalue weighted by atomic mass is 9.75. The Bertz CT molecular complexity index is 408. The van der Waals surface area contributed by atoms with E-state index in [1.165, 1.54) is 0 Å². The zero-order valence-corrected chi connectivity index (χ0v) is 12.2. The smallest absolute Gasteiger partial charge is 0.138 e. The normalized spacial score (nSPS) is 33.0. The van der Waals surface area contributed by atoms with Crippen LogP contribution in [0.2, 0.25) is 0 Å². The van der Waals surface area contributed by atoms with Crippen molar-refractivity contribution in [2.45, 2.75) is 37.5 Å². The highest BCUT2D eigenvalue weighted by atomic mass is 35.5. The number of hydrogen-bond donors (Lipinski definition) is 0. The number of methoxy groups -OCH3 is 1. The lowest BCUT2D eigenvalue weighted by Gasteiger charge is -2.40. The van der Waals surface area contributed by atoms with Crippen molar-refractivity contribution in [1.82, 2.24) is 0 Å². The molecule has 18 heavy (non-hydrogen) atoms. The average molecular weight is 289 g/mol. The minimum atomic E-state index is -0.815. The molecule has 100 valence electrons. The number of halogens is 2. The molecule has 0 N–H and O–H groups in total. The van der Waals surface area contributed by atoms with Crippen molar-refractivity contribution in [1.29, 1.82) is 0 Å². The second-order valence-corrected chi connectivity index (χ2v) is 6.08. The van der Waals surface area contributed by atoms with E-state index in [1.807, 2.05) is 6.08 Å². The van der Waals surface area contributed by atoms with Crippen LogP contribution in [0.5, 0.6) is 0 Å². The molecule has 1 fully saturated rings. The Hall–Kier alpha value is -0.470. The van der Waals surface area contributed by atoms with Crippen molar-refractivity contribution in [3.63, 3.8) is 0 Å². The molecule has 2 atom stereocenters. The maximum absolute atomic E-state index is 11.9. The molecule has 0 aliphatic heterocycles. The molecule has 0 saturated heterocycles. The molecule has 0 heterocycles. The fraction of sp³-hybridized carbons (Fsp3) is 0.643. The average Bonchev–Trinajstić information content (AvgIpc) is 2.86. The van der Waals surface area contributed by atoms with Crippen LogP contribution in [-0.4, -0.2) is 17.8 Å². The van der Waals surface area contributed by atoms with Gasteiger partial charge in [0.2, 0.25) is 0 Å². The summed E-state index contributed by atoms with van der Waals surface area (Å²) in [5.41, 5.74) is 0. The van der Waals surface area contributed by atoms with Gasteiger partial charge in [0.05, 0.1) is 22.9 Å². The van der Waals surface area contributed by atoms with Gasteiger partial charge in [-0.05, 0) is 31.8 Å². The minimum absolute atomic E-state index is 0.0569. The molecule has 2 rings (SSSR count). The summed E-state index contributed by atoms with van der Waals surface area (Å²) in [6.07, 6.45) is 7.94. The number of rotatable bonds is 3. The zero-order valence-electron chi connectivity index (χ0n) is 10.7. The molecule has 2 aliphatic carbocycles. The van der Waals surface area contributed by atoms with Crippen molar-refractivity contribution in [3.8, 4) is 0 Å². The highest BCUT2D eigenvalue weighted by Gasteiger charge is 2.51. The monoisotopic (exact) mass is 288 g/mol. The lowest BCUT2D eigenvalue weighted by molar-refractivity contribution is -0.120. The predicted molar refractivity (Wildman–Crippen MR) is 73.7 cm³/mol. The van der Waals surface area contributed by atoms with Gasteiger partial charge in [0, 0.05) is 0 Å². The zero-order chi connectivity index (χ0) is 13.3. The fourth-order valence-electron chi connectivity index (χ4n) is 3.09. The number of ether oxygens (including phenoxy) is 1. The summed E-state index contributed by atoms with van der Waals surface area (Å²) in [6.45, 7) is 1.57. The molecule has 2 aliphatic rings. The third kappa shape index (κ3) is 2.10. The van der Waals surface area contributed by atoms with Crippen LogP contribution in [0.3, 0.4) is 0 Å². The van der Waals surface area contributed by atoms with Crippen LogP contribution in [-0.2, 0) is 9.53 Å². The number of hydrogen-bond acceptors (Lipinski definition) is 2. The maximum atomic E-state index is 11.9. The minimum Gasteiger partial charge on any atom is -0.495 e. The summed E-state index contributed by atoms with van der Waals surface area (Å²) < 4.78 is 5.25. The molecule has 0 aromatic rings. The second kappa shape index (κ2) is 5.26. The van der Waals surface area contributed by atoms with Crippen LogP contribution >= 0.6 is 23.2 Å². The fourth-order valence-corrected chi connectivity index (χ4v) is 4.04. The maximum Gasteiger partial charge on any atom is 0.138 e. The van der Waals surface area contributed by atoms with Crippen LogP contribution in [0.4, 0.5) is 0 Å². The third-order valence-electron chi connectivity index (χ3n) is 4.05. The van der Waals surface area contributed by atoms with E-state index in [0.29, 0.717) is 10.8 Å². The summed E-state index contributed by atoms with van der Waals surface area (Å²) in [7, 11) is 1.57. The number of Topliss-reactive ketones (excluding diaryl/α,β-unsaturated/α-hetero) is 1. The molecular weight excluding hydrogens is 271 g/mol. The lowest BCUT2D eigenvalue weighted by Crippen LogP contribution is -2.44. The molecule has 0 bridgehead atoms. The van der Waals surface area contributed by atoms with Gasteiger partial charge in [-0.3, -0.25) is 4.79 Å². The number of ketones is 1. The van der Waals surface area contributed by atoms with E-state index in [9.17, 15) is 4.79 Å². The summed E-state index contributed by atoms with van der Waals surface area (Å²) in [5.74, 6) is 0.529. The van der Waals surface area contributed by atoms with Gasteiger partial charge in [-0.25, -0.2) is 0 Å². The Morgan fingerprint density at radius 3 is 2.56 bits per heavy atom. The summed E-state index contributed by atoms with van der Waals surface area (Å²) in [4.78, 5) is 11.0. The number of carbonyl (C=O) groups excluding carboxylic acids is 1. The first-order valence-electron chi connectivity index (χ1n) is 6.33. The van der Waals surface area contributed by atoms with Crippen LogP contribution in [0, 0.1) is 11.8 Å². The highest BCUT2D eigenvalue weighted by molar-refractivity contribution is 6.41. The van der Waals surface area contributed by atoms with Gasteiger partial charge in [0.1, 0.15) is 11.5 Å². The van der Waals surface area contributed by atoms with Gasteiger partial charge >= 0.3 is 0 Å².